The molecule has 0 bridgehead atoms. The Balaban J connectivity index is 2.00. The topological polar surface area (TPSA) is 79.5 Å². The molecule has 1 saturated heterocycles. The number of carbonyl (C=O) groups excluding carboxylic acids is 2. The zero-order chi connectivity index (χ0) is 15.2. The standard InChI is InChI=1S/C15H21N3O3/c1-10-3-4-11(15(20)16-2)7-13(10)18-14(19)8-12-9-21-6-5-17-12/h3-4,7,12,17H,5-6,8-9H2,1-2H3,(H,16,20)(H,18,19). The van der Waals surface area contributed by atoms with Crippen LogP contribution in [-0.4, -0.2) is 44.7 Å². The van der Waals surface area contributed by atoms with E-state index >= 15 is 0 Å². The van der Waals surface area contributed by atoms with Gasteiger partial charge in [-0.15, -0.1) is 0 Å². The van der Waals surface area contributed by atoms with E-state index in [1.165, 1.54) is 0 Å². The van der Waals surface area contributed by atoms with E-state index in [1.807, 2.05) is 13.0 Å². The van der Waals surface area contributed by atoms with Crippen molar-refractivity contribution in [1.82, 2.24) is 10.6 Å². The van der Waals surface area contributed by atoms with Gasteiger partial charge in [-0.2, -0.15) is 0 Å². The number of morpholine rings is 1. The van der Waals surface area contributed by atoms with Crippen LogP contribution in [0.3, 0.4) is 0 Å². The third-order valence-corrected chi connectivity index (χ3v) is 3.43. The first-order valence-corrected chi connectivity index (χ1v) is 7.04. The van der Waals surface area contributed by atoms with Gasteiger partial charge in [-0.3, -0.25) is 9.59 Å². The van der Waals surface area contributed by atoms with Crippen molar-refractivity contribution in [2.24, 2.45) is 0 Å². The van der Waals surface area contributed by atoms with Crippen LogP contribution in [0.2, 0.25) is 0 Å². The molecule has 0 saturated carbocycles. The molecule has 0 aliphatic carbocycles. The number of hydrogen-bond donors (Lipinski definition) is 3. The summed E-state index contributed by atoms with van der Waals surface area (Å²) in [5.74, 6) is -0.261. The predicted octanol–water partition coefficient (Wildman–Crippen LogP) is 0.672. The third kappa shape index (κ3) is 4.27. The van der Waals surface area contributed by atoms with E-state index in [2.05, 4.69) is 16.0 Å². The number of benzene rings is 1. The number of anilines is 1. The van der Waals surface area contributed by atoms with E-state index in [0.717, 1.165) is 12.1 Å². The van der Waals surface area contributed by atoms with Gasteiger partial charge in [-0.1, -0.05) is 6.07 Å². The summed E-state index contributed by atoms with van der Waals surface area (Å²) in [6.07, 6.45) is 0.351. The van der Waals surface area contributed by atoms with E-state index < -0.39 is 0 Å². The number of hydrogen-bond acceptors (Lipinski definition) is 4. The monoisotopic (exact) mass is 291 g/mol. The van der Waals surface area contributed by atoms with E-state index in [-0.39, 0.29) is 17.9 Å². The fourth-order valence-electron chi connectivity index (χ4n) is 2.22. The lowest BCUT2D eigenvalue weighted by Gasteiger charge is -2.23. The first-order chi connectivity index (χ1) is 10.1. The molecule has 114 valence electrons. The van der Waals surface area contributed by atoms with Gasteiger partial charge >= 0.3 is 0 Å². The molecule has 1 aliphatic rings. The van der Waals surface area contributed by atoms with Crippen molar-refractivity contribution in [3.63, 3.8) is 0 Å². The van der Waals surface area contributed by atoms with Crippen molar-refractivity contribution in [2.75, 3.05) is 32.1 Å². The van der Waals surface area contributed by atoms with E-state index in [9.17, 15) is 9.59 Å². The molecule has 1 fully saturated rings. The number of rotatable bonds is 4. The molecule has 1 unspecified atom stereocenters. The highest BCUT2D eigenvalue weighted by atomic mass is 16.5. The van der Waals surface area contributed by atoms with Crippen molar-refractivity contribution in [3.05, 3.63) is 29.3 Å². The van der Waals surface area contributed by atoms with E-state index in [4.69, 9.17) is 4.74 Å². The first-order valence-electron chi connectivity index (χ1n) is 7.04. The molecular weight excluding hydrogens is 270 g/mol. The van der Waals surface area contributed by atoms with Gasteiger partial charge in [0.15, 0.2) is 0 Å². The second-order valence-electron chi connectivity index (χ2n) is 5.09. The van der Waals surface area contributed by atoms with E-state index in [1.54, 1.807) is 19.2 Å². The Kier molecular flexibility index (Phi) is 5.30. The van der Waals surface area contributed by atoms with Crippen LogP contribution in [0.1, 0.15) is 22.3 Å². The molecule has 3 N–H and O–H groups in total. The van der Waals surface area contributed by atoms with Gasteiger partial charge in [0.1, 0.15) is 0 Å². The minimum absolute atomic E-state index is 0.0428. The smallest absolute Gasteiger partial charge is 0.251 e. The Labute approximate surface area is 124 Å². The second kappa shape index (κ2) is 7.19. The maximum absolute atomic E-state index is 12.1. The quantitative estimate of drug-likeness (QED) is 0.762. The van der Waals surface area contributed by atoms with Gasteiger partial charge in [0.25, 0.3) is 5.91 Å². The largest absolute Gasteiger partial charge is 0.378 e. The third-order valence-electron chi connectivity index (χ3n) is 3.43. The Morgan fingerprint density at radius 1 is 1.43 bits per heavy atom. The lowest BCUT2D eigenvalue weighted by molar-refractivity contribution is -0.117. The van der Waals surface area contributed by atoms with Crippen LogP contribution in [0.15, 0.2) is 18.2 Å². The Morgan fingerprint density at radius 2 is 2.24 bits per heavy atom. The molecule has 6 heteroatoms. The average molecular weight is 291 g/mol. The molecule has 21 heavy (non-hydrogen) atoms. The van der Waals surface area contributed by atoms with Gasteiger partial charge < -0.3 is 20.7 Å². The highest BCUT2D eigenvalue weighted by Crippen LogP contribution is 2.17. The van der Waals surface area contributed by atoms with Gasteiger partial charge in [0, 0.05) is 37.3 Å². The van der Waals surface area contributed by atoms with Crippen molar-refractivity contribution < 1.29 is 14.3 Å². The molecule has 0 radical (unpaired) electrons. The lowest BCUT2D eigenvalue weighted by Crippen LogP contribution is -2.43. The summed E-state index contributed by atoms with van der Waals surface area (Å²) in [5, 5.41) is 8.67. The zero-order valence-electron chi connectivity index (χ0n) is 12.4. The van der Waals surface area contributed by atoms with Crippen molar-refractivity contribution in [2.45, 2.75) is 19.4 Å². The minimum atomic E-state index is -0.173. The molecule has 2 amide bonds. The van der Waals surface area contributed by atoms with Crippen LogP contribution in [0.4, 0.5) is 5.69 Å². The lowest BCUT2D eigenvalue weighted by atomic mass is 10.1. The summed E-state index contributed by atoms with van der Waals surface area (Å²) in [6.45, 7) is 3.89. The molecule has 6 nitrogen and oxygen atoms in total. The summed E-state index contributed by atoms with van der Waals surface area (Å²) in [4.78, 5) is 23.7. The second-order valence-corrected chi connectivity index (χ2v) is 5.09. The highest BCUT2D eigenvalue weighted by Gasteiger charge is 2.17. The minimum Gasteiger partial charge on any atom is -0.378 e. The fraction of sp³-hybridized carbons (Fsp3) is 0.467. The molecule has 1 aromatic carbocycles. The summed E-state index contributed by atoms with van der Waals surface area (Å²) < 4.78 is 5.33. The molecule has 0 spiro atoms. The predicted molar refractivity (Wildman–Crippen MR) is 80.4 cm³/mol. The number of ether oxygens (including phenoxy) is 1. The van der Waals surface area contributed by atoms with E-state index in [0.29, 0.717) is 30.9 Å². The van der Waals surface area contributed by atoms with Crippen LogP contribution < -0.4 is 16.0 Å². The van der Waals surface area contributed by atoms with Crippen LogP contribution in [0.5, 0.6) is 0 Å². The number of carbonyl (C=O) groups is 2. The van der Waals surface area contributed by atoms with Crippen molar-refractivity contribution >= 4 is 17.5 Å². The van der Waals surface area contributed by atoms with Gasteiger partial charge in [0.05, 0.1) is 13.2 Å². The summed E-state index contributed by atoms with van der Waals surface area (Å²) >= 11 is 0. The van der Waals surface area contributed by atoms with Crippen LogP contribution in [0, 0.1) is 6.92 Å². The normalized spacial score (nSPS) is 18.1. The fourth-order valence-corrected chi connectivity index (χ4v) is 2.22. The number of amides is 2. The molecule has 0 aromatic heterocycles. The summed E-state index contributed by atoms with van der Waals surface area (Å²) in [7, 11) is 1.58. The van der Waals surface area contributed by atoms with Gasteiger partial charge in [-0.05, 0) is 24.6 Å². The number of nitrogens with one attached hydrogen (secondary N) is 3. The SMILES string of the molecule is CNC(=O)c1ccc(C)c(NC(=O)CC2COCCN2)c1. The number of aryl methyl sites for hydroxylation is 1. The Hall–Kier alpha value is -1.92. The molecule has 1 aromatic rings. The van der Waals surface area contributed by atoms with Gasteiger partial charge in [-0.25, -0.2) is 0 Å². The summed E-state index contributed by atoms with van der Waals surface area (Å²) in [5.41, 5.74) is 2.11. The van der Waals surface area contributed by atoms with Crippen molar-refractivity contribution in [1.29, 1.82) is 0 Å². The summed E-state index contributed by atoms with van der Waals surface area (Å²) in [6, 6.07) is 5.29. The maximum Gasteiger partial charge on any atom is 0.251 e. The van der Waals surface area contributed by atoms with Crippen LogP contribution >= 0.6 is 0 Å². The average Bonchev–Trinajstić information content (AvgIpc) is 2.49. The molecule has 1 heterocycles. The Bertz CT molecular complexity index is 525. The zero-order valence-corrected chi connectivity index (χ0v) is 12.4. The Morgan fingerprint density at radius 3 is 2.90 bits per heavy atom. The van der Waals surface area contributed by atoms with Gasteiger partial charge in [0.2, 0.25) is 5.91 Å². The molecule has 2 rings (SSSR count). The highest BCUT2D eigenvalue weighted by molar-refractivity contribution is 5.97. The van der Waals surface area contributed by atoms with Crippen LogP contribution in [0.25, 0.3) is 0 Å². The maximum atomic E-state index is 12.1. The van der Waals surface area contributed by atoms with Crippen molar-refractivity contribution in [3.8, 4) is 0 Å². The van der Waals surface area contributed by atoms with Crippen LogP contribution in [-0.2, 0) is 9.53 Å². The molecule has 1 aliphatic heterocycles. The molecule has 1 atom stereocenters. The molecular formula is C15H21N3O3. The first kappa shape index (κ1) is 15.5.